The van der Waals surface area contributed by atoms with E-state index in [9.17, 15) is 4.39 Å². The first-order valence-electron chi connectivity index (χ1n) is 6.34. The molecule has 0 bridgehead atoms. The molecule has 1 heterocycles. The number of nitrogens with zero attached hydrogens (tertiary/aromatic N) is 2. The van der Waals surface area contributed by atoms with Crippen LogP contribution in [0.25, 0.3) is 0 Å². The lowest BCUT2D eigenvalue weighted by molar-refractivity contribution is -0.0647. The van der Waals surface area contributed by atoms with Crippen LogP contribution in [0.1, 0.15) is 44.1 Å². The number of halogens is 1. The first-order valence-corrected chi connectivity index (χ1v) is 6.34. The van der Waals surface area contributed by atoms with Crippen molar-refractivity contribution in [2.24, 2.45) is 5.92 Å². The number of anilines is 1. The van der Waals surface area contributed by atoms with Gasteiger partial charge >= 0.3 is 0 Å². The number of rotatable bonds is 2. The van der Waals surface area contributed by atoms with Crippen LogP contribution < -0.4 is 5.73 Å². The van der Waals surface area contributed by atoms with Crippen LogP contribution in [0.2, 0.25) is 0 Å². The van der Waals surface area contributed by atoms with Crippen LogP contribution in [0, 0.1) is 18.7 Å². The highest BCUT2D eigenvalue weighted by molar-refractivity contribution is 5.33. The van der Waals surface area contributed by atoms with Crippen molar-refractivity contribution < 1.29 is 9.13 Å². The molecule has 0 saturated heterocycles. The van der Waals surface area contributed by atoms with Gasteiger partial charge in [0.15, 0.2) is 17.5 Å². The van der Waals surface area contributed by atoms with Gasteiger partial charge in [-0.2, -0.15) is 0 Å². The van der Waals surface area contributed by atoms with Gasteiger partial charge in [-0.25, -0.2) is 14.4 Å². The molecule has 1 saturated carbocycles. The minimum absolute atomic E-state index is 0.0906. The highest BCUT2D eigenvalue weighted by Gasteiger charge is 2.40. The molecule has 2 unspecified atom stereocenters. The van der Waals surface area contributed by atoms with E-state index in [1.54, 1.807) is 14.0 Å². The molecule has 2 rings (SSSR count). The molecule has 2 atom stereocenters. The summed E-state index contributed by atoms with van der Waals surface area (Å²) in [6, 6.07) is 0. The lowest BCUT2D eigenvalue weighted by atomic mass is 9.78. The van der Waals surface area contributed by atoms with Gasteiger partial charge in [0.05, 0.1) is 5.69 Å². The fourth-order valence-electron chi connectivity index (χ4n) is 2.77. The van der Waals surface area contributed by atoms with Crippen LogP contribution in [0.3, 0.4) is 0 Å². The summed E-state index contributed by atoms with van der Waals surface area (Å²) >= 11 is 0. The normalized spacial score (nSPS) is 28.3. The van der Waals surface area contributed by atoms with E-state index < -0.39 is 11.4 Å². The maximum absolute atomic E-state index is 13.5. The van der Waals surface area contributed by atoms with Gasteiger partial charge < -0.3 is 10.5 Å². The summed E-state index contributed by atoms with van der Waals surface area (Å²) in [5.41, 5.74) is 5.37. The molecule has 1 fully saturated rings. The van der Waals surface area contributed by atoms with E-state index in [1.165, 1.54) is 6.42 Å². The van der Waals surface area contributed by atoms with Crippen molar-refractivity contribution in [3.05, 3.63) is 17.3 Å². The minimum Gasteiger partial charge on any atom is -0.381 e. The van der Waals surface area contributed by atoms with Gasteiger partial charge in [0.1, 0.15) is 5.60 Å². The zero-order valence-corrected chi connectivity index (χ0v) is 11.2. The Labute approximate surface area is 107 Å². The van der Waals surface area contributed by atoms with E-state index in [0.717, 1.165) is 19.3 Å². The molecule has 0 aliphatic heterocycles. The second-order valence-electron chi connectivity index (χ2n) is 5.23. The SMILES string of the molecule is COC1(c2nc(C)c(F)c(N)n2)CCCC(C)C1. The summed E-state index contributed by atoms with van der Waals surface area (Å²) in [7, 11) is 1.66. The lowest BCUT2D eigenvalue weighted by Gasteiger charge is -2.37. The Balaban J connectivity index is 2.44. The summed E-state index contributed by atoms with van der Waals surface area (Å²) in [5, 5.41) is 0. The molecule has 1 aliphatic rings. The molecule has 0 radical (unpaired) electrons. The summed E-state index contributed by atoms with van der Waals surface area (Å²) in [5.74, 6) is 0.447. The van der Waals surface area contributed by atoms with Crippen LogP contribution in [0.5, 0.6) is 0 Å². The molecule has 1 aromatic heterocycles. The van der Waals surface area contributed by atoms with Crippen molar-refractivity contribution in [2.45, 2.75) is 45.1 Å². The number of ether oxygens (including phenoxy) is 1. The number of aryl methyl sites for hydroxylation is 1. The van der Waals surface area contributed by atoms with E-state index in [0.29, 0.717) is 11.7 Å². The lowest BCUT2D eigenvalue weighted by Crippen LogP contribution is -2.36. The quantitative estimate of drug-likeness (QED) is 0.880. The van der Waals surface area contributed by atoms with Gasteiger partial charge in [0.2, 0.25) is 0 Å². The van der Waals surface area contributed by atoms with Gasteiger partial charge in [-0.3, -0.25) is 0 Å². The maximum atomic E-state index is 13.5. The van der Waals surface area contributed by atoms with Crippen LogP contribution >= 0.6 is 0 Å². The van der Waals surface area contributed by atoms with Crippen molar-refractivity contribution in [1.82, 2.24) is 9.97 Å². The topological polar surface area (TPSA) is 61.0 Å². The van der Waals surface area contributed by atoms with Gasteiger partial charge in [0.25, 0.3) is 0 Å². The Morgan fingerprint density at radius 1 is 1.44 bits per heavy atom. The van der Waals surface area contributed by atoms with Crippen molar-refractivity contribution in [3.63, 3.8) is 0 Å². The largest absolute Gasteiger partial charge is 0.381 e. The Hall–Kier alpha value is -1.23. The predicted molar refractivity (Wildman–Crippen MR) is 67.5 cm³/mol. The number of methoxy groups -OCH3 is 1. The van der Waals surface area contributed by atoms with E-state index in [1.807, 2.05) is 0 Å². The summed E-state index contributed by atoms with van der Waals surface area (Å²) in [6.07, 6.45) is 3.96. The Morgan fingerprint density at radius 2 is 2.17 bits per heavy atom. The zero-order chi connectivity index (χ0) is 13.3. The van der Waals surface area contributed by atoms with E-state index in [2.05, 4.69) is 16.9 Å². The average Bonchev–Trinajstić information content (AvgIpc) is 2.35. The van der Waals surface area contributed by atoms with Crippen molar-refractivity contribution in [2.75, 3.05) is 12.8 Å². The second-order valence-corrected chi connectivity index (χ2v) is 5.23. The number of nitrogen functional groups attached to an aromatic ring is 1. The van der Waals surface area contributed by atoms with Crippen LogP contribution in [0.4, 0.5) is 10.2 Å². The summed E-state index contributed by atoms with van der Waals surface area (Å²) < 4.78 is 19.2. The third kappa shape index (κ3) is 2.19. The molecule has 100 valence electrons. The highest BCUT2D eigenvalue weighted by atomic mass is 19.1. The monoisotopic (exact) mass is 253 g/mol. The average molecular weight is 253 g/mol. The standard InChI is InChI=1S/C13H20FN3O/c1-8-5-4-6-13(7-8,18-3)12-16-9(2)10(14)11(15)17-12/h8H,4-7H2,1-3H3,(H2,15,16,17). The first-order chi connectivity index (χ1) is 8.48. The zero-order valence-electron chi connectivity index (χ0n) is 11.2. The Kier molecular flexibility index (Phi) is 3.52. The molecule has 4 nitrogen and oxygen atoms in total. The number of hydrogen-bond acceptors (Lipinski definition) is 4. The summed E-state index contributed by atoms with van der Waals surface area (Å²) in [4.78, 5) is 8.34. The highest BCUT2D eigenvalue weighted by Crippen LogP contribution is 2.41. The van der Waals surface area contributed by atoms with Gasteiger partial charge in [-0.15, -0.1) is 0 Å². The van der Waals surface area contributed by atoms with Gasteiger partial charge in [0, 0.05) is 7.11 Å². The Morgan fingerprint density at radius 3 is 2.72 bits per heavy atom. The minimum atomic E-state index is -0.533. The molecular weight excluding hydrogens is 233 g/mol. The fraction of sp³-hybridized carbons (Fsp3) is 0.692. The van der Waals surface area contributed by atoms with E-state index in [4.69, 9.17) is 10.5 Å². The second kappa shape index (κ2) is 4.80. The molecule has 1 aromatic rings. The molecule has 2 N–H and O–H groups in total. The number of aromatic nitrogens is 2. The maximum Gasteiger partial charge on any atom is 0.186 e. The summed E-state index contributed by atoms with van der Waals surface area (Å²) in [6.45, 7) is 3.79. The van der Waals surface area contributed by atoms with Crippen molar-refractivity contribution in [1.29, 1.82) is 0 Å². The van der Waals surface area contributed by atoms with Gasteiger partial charge in [-0.05, 0) is 32.1 Å². The van der Waals surface area contributed by atoms with E-state index >= 15 is 0 Å². The predicted octanol–water partition coefficient (Wildman–Crippen LogP) is 2.56. The molecular formula is C13H20FN3O. The Bertz CT molecular complexity index is 429. The smallest absolute Gasteiger partial charge is 0.186 e. The van der Waals surface area contributed by atoms with Crippen LogP contribution in [-0.2, 0) is 10.3 Å². The molecule has 0 spiro atoms. The van der Waals surface area contributed by atoms with Crippen molar-refractivity contribution >= 4 is 5.82 Å². The number of hydrogen-bond donors (Lipinski definition) is 1. The first kappa shape index (κ1) is 13.2. The molecule has 5 heteroatoms. The molecule has 0 amide bonds. The van der Waals surface area contributed by atoms with Gasteiger partial charge in [-0.1, -0.05) is 13.3 Å². The van der Waals surface area contributed by atoms with Crippen LogP contribution in [-0.4, -0.2) is 17.1 Å². The third-order valence-corrected chi connectivity index (χ3v) is 3.80. The van der Waals surface area contributed by atoms with E-state index in [-0.39, 0.29) is 11.5 Å². The molecule has 18 heavy (non-hydrogen) atoms. The fourth-order valence-corrected chi connectivity index (χ4v) is 2.77. The molecule has 1 aliphatic carbocycles. The van der Waals surface area contributed by atoms with Crippen LogP contribution in [0.15, 0.2) is 0 Å². The van der Waals surface area contributed by atoms with Crippen molar-refractivity contribution in [3.8, 4) is 0 Å². The number of nitrogens with two attached hydrogens (primary N) is 1. The molecule has 0 aromatic carbocycles. The third-order valence-electron chi connectivity index (χ3n) is 3.80.